The van der Waals surface area contributed by atoms with Gasteiger partial charge in [-0.05, 0) is 31.5 Å². The van der Waals surface area contributed by atoms with Gasteiger partial charge in [-0.15, -0.1) is 11.3 Å². The molecular formula is C16H20N2O2S. The first kappa shape index (κ1) is 13.6. The predicted octanol–water partition coefficient (Wildman–Crippen LogP) is 3.02. The fourth-order valence-electron chi connectivity index (χ4n) is 3.28. The summed E-state index contributed by atoms with van der Waals surface area (Å²) in [5, 5.41) is 1.20. The van der Waals surface area contributed by atoms with E-state index in [1.807, 2.05) is 0 Å². The highest BCUT2D eigenvalue weighted by Gasteiger charge is 2.33. The Morgan fingerprint density at radius 3 is 2.90 bits per heavy atom. The fourth-order valence-corrected chi connectivity index (χ4v) is 4.27. The Morgan fingerprint density at radius 1 is 1.19 bits per heavy atom. The molecule has 0 aliphatic carbocycles. The number of para-hydroxylation sites is 1. The zero-order valence-electron chi connectivity index (χ0n) is 12.0. The first-order valence-electron chi connectivity index (χ1n) is 7.72. The van der Waals surface area contributed by atoms with Gasteiger partial charge in [0.2, 0.25) is 0 Å². The van der Waals surface area contributed by atoms with Crippen LogP contribution in [-0.4, -0.2) is 42.0 Å². The summed E-state index contributed by atoms with van der Waals surface area (Å²) in [5.74, 6) is 0. The Hall–Kier alpha value is -1.01. The van der Waals surface area contributed by atoms with Gasteiger partial charge in [0.15, 0.2) is 6.29 Å². The van der Waals surface area contributed by atoms with Crippen LogP contribution in [0.3, 0.4) is 0 Å². The lowest BCUT2D eigenvalue weighted by Crippen LogP contribution is -2.46. The molecule has 1 unspecified atom stereocenters. The molecule has 1 aromatic carbocycles. The van der Waals surface area contributed by atoms with Crippen LogP contribution in [0.5, 0.6) is 0 Å². The molecule has 4 nitrogen and oxygen atoms in total. The Morgan fingerprint density at radius 2 is 2.05 bits per heavy atom. The highest BCUT2D eigenvalue weighted by atomic mass is 32.1. The summed E-state index contributed by atoms with van der Waals surface area (Å²) in [5.41, 5.74) is 1.11. The molecule has 5 heteroatoms. The predicted molar refractivity (Wildman–Crippen MR) is 83.4 cm³/mol. The minimum absolute atomic E-state index is 0.0420. The molecule has 4 rings (SSSR count). The minimum Gasteiger partial charge on any atom is -0.349 e. The molecule has 0 radical (unpaired) electrons. The second-order valence-electron chi connectivity index (χ2n) is 5.72. The van der Waals surface area contributed by atoms with Crippen LogP contribution in [0.1, 0.15) is 24.3 Å². The molecule has 2 aliphatic rings. The summed E-state index contributed by atoms with van der Waals surface area (Å²) >= 11 is 1.80. The molecule has 21 heavy (non-hydrogen) atoms. The number of ether oxygens (including phenoxy) is 2. The molecule has 0 spiro atoms. The van der Waals surface area contributed by atoms with Crippen LogP contribution in [0.4, 0.5) is 0 Å². The van der Waals surface area contributed by atoms with E-state index in [0.717, 1.165) is 38.2 Å². The average molecular weight is 304 g/mol. The number of hydrogen-bond acceptors (Lipinski definition) is 5. The van der Waals surface area contributed by atoms with E-state index in [4.69, 9.17) is 14.5 Å². The van der Waals surface area contributed by atoms with E-state index in [2.05, 4.69) is 29.2 Å². The maximum atomic E-state index is 5.74. The number of thiazole rings is 1. The lowest BCUT2D eigenvalue weighted by atomic mass is 10.0. The minimum atomic E-state index is -0.0420. The lowest BCUT2D eigenvalue weighted by Gasteiger charge is -2.37. The monoisotopic (exact) mass is 304 g/mol. The van der Waals surface area contributed by atoms with Crippen molar-refractivity contribution in [2.24, 2.45) is 0 Å². The largest absolute Gasteiger partial charge is 0.349 e. The number of nitrogens with zero attached hydrogens (tertiary/aromatic N) is 2. The zero-order chi connectivity index (χ0) is 14.1. The van der Waals surface area contributed by atoms with Crippen molar-refractivity contribution >= 4 is 21.6 Å². The molecule has 2 aromatic rings. The summed E-state index contributed by atoms with van der Waals surface area (Å²) < 4.78 is 12.7. The quantitative estimate of drug-likeness (QED) is 0.873. The van der Waals surface area contributed by atoms with Gasteiger partial charge in [0, 0.05) is 0 Å². The molecule has 1 atom stereocenters. The fraction of sp³-hybridized carbons (Fsp3) is 0.562. The van der Waals surface area contributed by atoms with E-state index >= 15 is 0 Å². The Balaban J connectivity index is 1.53. The summed E-state index contributed by atoms with van der Waals surface area (Å²) in [7, 11) is 0. The molecule has 1 aromatic heterocycles. The zero-order valence-corrected chi connectivity index (χ0v) is 12.8. The Kier molecular flexibility index (Phi) is 3.90. The van der Waals surface area contributed by atoms with Gasteiger partial charge in [-0.3, -0.25) is 4.90 Å². The SMILES string of the molecule is c1ccc2sc(CN3CCCCC3C3OCCO3)nc2c1. The highest BCUT2D eigenvalue weighted by Crippen LogP contribution is 2.28. The number of aromatic nitrogens is 1. The van der Waals surface area contributed by atoms with Gasteiger partial charge < -0.3 is 9.47 Å². The van der Waals surface area contributed by atoms with Crippen molar-refractivity contribution in [2.45, 2.75) is 38.1 Å². The van der Waals surface area contributed by atoms with Crippen molar-refractivity contribution < 1.29 is 9.47 Å². The highest BCUT2D eigenvalue weighted by molar-refractivity contribution is 7.18. The van der Waals surface area contributed by atoms with Crippen molar-refractivity contribution in [3.63, 3.8) is 0 Å². The molecule has 0 saturated carbocycles. The van der Waals surface area contributed by atoms with Crippen LogP contribution in [0.2, 0.25) is 0 Å². The Bertz CT molecular complexity index is 576. The van der Waals surface area contributed by atoms with E-state index in [0.29, 0.717) is 6.04 Å². The Labute approximate surface area is 128 Å². The van der Waals surface area contributed by atoms with E-state index in [1.165, 1.54) is 22.5 Å². The van der Waals surface area contributed by atoms with Crippen LogP contribution in [-0.2, 0) is 16.0 Å². The molecule has 2 saturated heterocycles. The van der Waals surface area contributed by atoms with E-state index in [-0.39, 0.29) is 6.29 Å². The summed E-state index contributed by atoms with van der Waals surface area (Å²) in [4.78, 5) is 7.26. The summed E-state index contributed by atoms with van der Waals surface area (Å²) in [6, 6.07) is 8.75. The number of piperidine rings is 1. The standard InChI is InChI=1S/C16H20N2O2S/c1-2-7-14-12(5-1)17-15(21-14)11-18-8-4-3-6-13(18)16-19-9-10-20-16/h1-2,5,7,13,16H,3-4,6,8-11H2. The van der Waals surface area contributed by atoms with Crippen LogP contribution in [0.15, 0.2) is 24.3 Å². The van der Waals surface area contributed by atoms with Gasteiger partial charge in [-0.25, -0.2) is 4.98 Å². The van der Waals surface area contributed by atoms with Crippen LogP contribution < -0.4 is 0 Å². The molecule has 2 aliphatic heterocycles. The van der Waals surface area contributed by atoms with E-state index < -0.39 is 0 Å². The van der Waals surface area contributed by atoms with Gasteiger partial charge in [0.1, 0.15) is 5.01 Å². The normalized spacial score (nSPS) is 24.9. The first-order chi connectivity index (χ1) is 10.4. The second-order valence-corrected chi connectivity index (χ2v) is 6.83. The van der Waals surface area contributed by atoms with Crippen molar-refractivity contribution in [1.29, 1.82) is 0 Å². The van der Waals surface area contributed by atoms with Crippen molar-refractivity contribution in [3.05, 3.63) is 29.3 Å². The molecule has 112 valence electrons. The third kappa shape index (κ3) is 2.83. The lowest BCUT2D eigenvalue weighted by molar-refractivity contribution is -0.111. The van der Waals surface area contributed by atoms with Gasteiger partial charge >= 0.3 is 0 Å². The third-order valence-electron chi connectivity index (χ3n) is 4.30. The number of benzene rings is 1. The van der Waals surface area contributed by atoms with E-state index in [1.54, 1.807) is 11.3 Å². The molecule has 0 N–H and O–H groups in total. The van der Waals surface area contributed by atoms with Crippen molar-refractivity contribution in [1.82, 2.24) is 9.88 Å². The number of rotatable bonds is 3. The summed E-state index contributed by atoms with van der Waals surface area (Å²) in [6.45, 7) is 3.49. The van der Waals surface area contributed by atoms with Crippen LogP contribution in [0, 0.1) is 0 Å². The number of hydrogen-bond donors (Lipinski definition) is 0. The maximum absolute atomic E-state index is 5.74. The number of likely N-dealkylation sites (tertiary alicyclic amines) is 1. The van der Waals surface area contributed by atoms with Crippen molar-refractivity contribution in [3.8, 4) is 0 Å². The van der Waals surface area contributed by atoms with Gasteiger partial charge in [-0.2, -0.15) is 0 Å². The van der Waals surface area contributed by atoms with Crippen LogP contribution in [0.25, 0.3) is 10.2 Å². The maximum Gasteiger partial charge on any atom is 0.173 e. The molecule has 0 bridgehead atoms. The summed E-state index contributed by atoms with van der Waals surface area (Å²) in [6.07, 6.45) is 3.65. The first-order valence-corrected chi connectivity index (χ1v) is 8.53. The number of fused-ring (bicyclic) bond motifs is 1. The van der Waals surface area contributed by atoms with Crippen LogP contribution >= 0.6 is 11.3 Å². The van der Waals surface area contributed by atoms with E-state index in [9.17, 15) is 0 Å². The molecule has 0 amide bonds. The molecule has 3 heterocycles. The van der Waals surface area contributed by atoms with Gasteiger partial charge in [0.25, 0.3) is 0 Å². The third-order valence-corrected chi connectivity index (χ3v) is 5.32. The van der Waals surface area contributed by atoms with Gasteiger partial charge in [0.05, 0.1) is 36.0 Å². The topological polar surface area (TPSA) is 34.6 Å². The second kappa shape index (κ2) is 6.01. The average Bonchev–Trinajstić information content (AvgIpc) is 3.16. The molecule has 2 fully saturated rings. The smallest absolute Gasteiger partial charge is 0.173 e. The van der Waals surface area contributed by atoms with Crippen molar-refractivity contribution in [2.75, 3.05) is 19.8 Å². The van der Waals surface area contributed by atoms with Gasteiger partial charge in [-0.1, -0.05) is 18.6 Å². The molecular weight excluding hydrogens is 284 g/mol.